The number of fused-ring (bicyclic) bond motifs is 2. The molecule has 7 nitrogen and oxygen atoms in total. The third kappa shape index (κ3) is 3.52. The molecule has 0 aliphatic carbocycles. The van der Waals surface area contributed by atoms with Crippen LogP contribution in [0.4, 0.5) is 10.2 Å². The Kier molecular flexibility index (Phi) is 4.87. The number of aryl methyl sites for hydroxylation is 1. The Morgan fingerprint density at radius 3 is 2.77 bits per heavy atom. The van der Waals surface area contributed by atoms with Crippen LogP contribution in [0.15, 0.2) is 72.0 Å². The van der Waals surface area contributed by atoms with Crippen LogP contribution in [0, 0.1) is 5.82 Å². The largest absolute Gasteiger partial charge is 0.368 e. The lowest BCUT2D eigenvalue weighted by molar-refractivity contribution is 0.637. The first-order valence-electron chi connectivity index (χ1n) is 9.99. The molecule has 0 fully saturated rings. The number of anilines is 1. The Morgan fingerprint density at radius 1 is 1.03 bits per heavy atom. The first-order valence-corrected chi connectivity index (χ1v) is 9.99. The van der Waals surface area contributed by atoms with Crippen LogP contribution in [0.5, 0.6) is 0 Å². The fourth-order valence-corrected chi connectivity index (χ4v) is 3.79. The van der Waals surface area contributed by atoms with Crippen molar-refractivity contribution in [1.29, 1.82) is 0 Å². The number of imidazole rings is 1. The molecule has 0 unspecified atom stereocenters. The molecule has 0 atom stereocenters. The van der Waals surface area contributed by atoms with Crippen molar-refractivity contribution in [3.8, 4) is 5.69 Å². The highest BCUT2D eigenvalue weighted by Crippen LogP contribution is 2.20. The monoisotopic (exact) mass is 414 g/mol. The molecule has 0 aliphatic heterocycles. The zero-order valence-corrected chi connectivity index (χ0v) is 16.5. The van der Waals surface area contributed by atoms with Gasteiger partial charge >= 0.3 is 0 Å². The molecule has 0 saturated carbocycles. The quantitative estimate of drug-likeness (QED) is 0.412. The van der Waals surface area contributed by atoms with Crippen LogP contribution in [0.25, 0.3) is 27.6 Å². The molecule has 0 radical (unpaired) electrons. The molecule has 0 spiro atoms. The van der Waals surface area contributed by atoms with E-state index in [0.29, 0.717) is 35.3 Å². The number of rotatable bonds is 6. The van der Waals surface area contributed by atoms with Crippen molar-refractivity contribution >= 4 is 27.8 Å². The van der Waals surface area contributed by atoms with E-state index >= 15 is 0 Å². The van der Waals surface area contributed by atoms with Gasteiger partial charge in [-0.25, -0.2) is 19.3 Å². The van der Waals surface area contributed by atoms with Crippen molar-refractivity contribution in [2.24, 2.45) is 0 Å². The molecule has 2 N–H and O–H groups in total. The van der Waals surface area contributed by atoms with Crippen LogP contribution in [0.2, 0.25) is 0 Å². The second-order valence-corrected chi connectivity index (χ2v) is 7.17. The molecule has 0 saturated heterocycles. The van der Waals surface area contributed by atoms with E-state index in [2.05, 4.69) is 25.3 Å². The van der Waals surface area contributed by atoms with Gasteiger partial charge in [-0.15, -0.1) is 0 Å². The summed E-state index contributed by atoms with van der Waals surface area (Å²) in [7, 11) is 0. The highest BCUT2D eigenvalue weighted by Gasteiger charge is 2.14. The van der Waals surface area contributed by atoms with Gasteiger partial charge in [0.15, 0.2) is 11.5 Å². The summed E-state index contributed by atoms with van der Waals surface area (Å²) in [6, 6.07) is 15.9. The number of aromatic amines is 1. The first kappa shape index (κ1) is 18.9. The fourth-order valence-electron chi connectivity index (χ4n) is 3.79. The van der Waals surface area contributed by atoms with Gasteiger partial charge in [-0.2, -0.15) is 0 Å². The molecular weight excluding hydrogens is 395 g/mol. The summed E-state index contributed by atoms with van der Waals surface area (Å²) in [5.41, 5.74) is 2.55. The number of benzene rings is 2. The van der Waals surface area contributed by atoms with E-state index < -0.39 is 5.82 Å². The van der Waals surface area contributed by atoms with Crippen molar-refractivity contribution in [3.63, 3.8) is 0 Å². The Labute approximate surface area is 176 Å². The van der Waals surface area contributed by atoms with Gasteiger partial charge in [0, 0.05) is 17.9 Å². The second kappa shape index (κ2) is 7.98. The summed E-state index contributed by atoms with van der Waals surface area (Å²) >= 11 is 0. The average Bonchev–Trinajstić information content (AvgIpc) is 3.27. The van der Waals surface area contributed by atoms with Crippen molar-refractivity contribution in [1.82, 2.24) is 24.5 Å². The predicted molar refractivity (Wildman–Crippen MR) is 118 cm³/mol. The van der Waals surface area contributed by atoms with Crippen molar-refractivity contribution < 1.29 is 4.39 Å². The average molecular weight is 414 g/mol. The molecule has 0 aliphatic rings. The lowest BCUT2D eigenvalue weighted by Crippen LogP contribution is -2.23. The van der Waals surface area contributed by atoms with Crippen LogP contribution in [0.1, 0.15) is 12.1 Å². The van der Waals surface area contributed by atoms with Gasteiger partial charge in [-0.05, 0) is 42.5 Å². The fraction of sp³-hybridized carbons (Fsp3) is 0.130. The summed E-state index contributed by atoms with van der Waals surface area (Å²) in [5.74, 6) is 0.152. The molecule has 5 aromatic rings. The minimum Gasteiger partial charge on any atom is -0.368 e. The number of pyridine rings is 1. The van der Waals surface area contributed by atoms with E-state index in [1.54, 1.807) is 23.0 Å². The second-order valence-electron chi connectivity index (χ2n) is 7.17. The number of hydrogen-bond acceptors (Lipinski definition) is 5. The molecule has 0 bridgehead atoms. The maximum Gasteiger partial charge on any atom is 0.266 e. The van der Waals surface area contributed by atoms with Crippen LogP contribution < -0.4 is 10.9 Å². The number of H-pyrrole nitrogens is 1. The van der Waals surface area contributed by atoms with Gasteiger partial charge in [0.25, 0.3) is 5.56 Å². The number of para-hydroxylation sites is 1. The number of halogens is 1. The summed E-state index contributed by atoms with van der Waals surface area (Å²) in [6.07, 6.45) is 4.42. The van der Waals surface area contributed by atoms with Crippen LogP contribution in [-0.2, 0) is 6.42 Å². The minimum absolute atomic E-state index is 0.107. The van der Waals surface area contributed by atoms with E-state index in [0.717, 1.165) is 17.8 Å². The highest BCUT2D eigenvalue weighted by molar-refractivity contribution is 5.83. The molecule has 2 aromatic carbocycles. The minimum atomic E-state index is -0.507. The number of nitrogens with one attached hydrogen (secondary N) is 2. The van der Waals surface area contributed by atoms with E-state index in [-0.39, 0.29) is 10.9 Å². The highest BCUT2D eigenvalue weighted by atomic mass is 19.1. The zero-order chi connectivity index (χ0) is 21.2. The molecule has 31 heavy (non-hydrogen) atoms. The Hall–Kier alpha value is -4.07. The van der Waals surface area contributed by atoms with Crippen molar-refractivity contribution in [2.75, 3.05) is 11.9 Å². The van der Waals surface area contributed by atoms with E-state index in [4.69, 9.17) is 0 Å². The summed E-state index contributed by atoms with van der Waals surface area (Å²) in [6.45, 7) is 0.628. The maximum atomic E-state index is 14.4. The van der Waals surface area contributed by atoms with E-state index in [1.165, 1.54) is 12.4 Å². The third-order valence-electron chi connectivity index (χ3n) is 5.21. The molecular formula is C23H19FN6O. The maximum absolute atomic E-state index is 14.4. The molecule has 0 amide bonds. The summed E-state index contributed by atoms with van der Waals surface area (Å²) in [4.78, 5) is 28.8. The Bertz CT molecular complexity index is 1430. The lowest BCUT2D eigenvalue weighted by atomic mass is 10.1. The van der Waals surface area contributed by atoms with E-state index in [9.17, 15) is 9.18 Å². The van der Waals surface area contributed by atoms with Crippen LogP contribution in [-0.4, -0.2) is 31.0 Å². The molecule has 3 aromatic heterocycles. The van der Waals surface area contributed by atoms with Crippen LogP contribution >= 0.6 is 0 Å². The van der Waals surface area contributed by atoms with E-state index in [1.807, 2.05) is 36.4 Å². The molecule has 154 valence electrons. The lowest BCUT2D eigenvalue weighted by Gasteiger charge is -2.15. The first-order chi connectivity index (χ1) is 15.2. The molecule has 3 heterocycles. The Balaban J connectivity index is 1.45. The third-order valence-corrected chi connectivity index (χ3v) is 5.21. The number of nitrogens with zero attached hydrogens (tertiary/aromatic N) is 4. The van der Waals surface area contributed by atoms with Crippen molar-refractivity contribution in [3.05, 3.63) is 89.1 Å². The summed E-state index contributed by atoms with van der Waals surface area (Å²) < 4.78 is 16.0. The van der Waals surface area contributed by atoms with Gasteiger partial charge in [0.1, 0.15) is 17.7 Å². The Morgan fingerprint density at radius 2 is 1.90 bits per heavy atom. The smallest absolute Gasteiger partial charge is 0.266 e. The van der Waals surface area contributed by atoms with Gasteiger partial charge in [-0.1, -0.05) is 30.3 Å². The number of aromatic nitrogens is 5. The van der Waals surface area contributed by atoms with Gasteiger partial charge in [-0.3, -0.25) is 9.36 Å². The van der Waals surface area contributed by atoms with Gasteiger partial charge in [0.2, 0.25) is 0 Å². The molecule has 8 heteroatoms. The van der Waals surface area contributed by atoms with Gasteiger partial charge in [0.05, 0.1) is 11.7 Å². The molecule has 5 rings (SSSR count). The normalized spacial score (nSPS) is 11.3. The zero-order valence-electron chi connectivity index (χ0n) is 16.5. The predicted octanol–water partition coefficient (Wildman–Crippen LogP) is 3.84. The van der Waals surface area contributed by atoms with Gasteiger partial charge < -0.3 is 10.3 Å². The number of hydrogen-bond donors (Lipinski definition) is 2. The van der Waals surface area contributed by atoms with Crippen LogP contribution in [0.3, 0.4) is 0 Å². The van der Waals surface area contributed by atoms with Crippen molar-refractivity contribution in [2.45, 2.75) is 12.8 Å². The summed E-state index contributed by atoms with van der Waals surface area (Å²) in [5, 5.41) is 4.00. The SMILES string of the molecule is O=c1c2c(F)cccc2cc(CCCNc2ncnc3[nH]cnc23)n1-c1ccccc1. The standard InChI is InChI=1S/C23H19FN6O/c24-18-10-4-6-15-12-17(30(23(31)19(15)18)16-7-2-1-3-8-16)9-5-11-25-21-20-22(27-13-26-20)29-14-28-21/h1-4,6-8,10,12-14H,5,9,11H2,(H2,25,26,27,28,29). The topological polar surface area (TPSA) is 88.5 Å².